The Balaban J connectivity index is 0.00000117. The first kappa shape index (κ1) is 20.5. The Labute approximate surface area is 160 Å². The molecule has 0 unspecified atom stereocenters. The molecule has 0 saturated carbocycles. The lowest BCUT2D eigenvalue weighted by Gasteiger charge is -2.20. The van der Waals surface area contributed by atoms with Crippen LogP contribution in [0.15, 0.2) is 36.4 Å². The third-order valence-electron chi connectivity index (χ3n) is 5.26. The molecule has 0 aliphatic carbocycles. The summed E-state index contributed by atoms with van der Waals surface area (Å²) >= 11 is 0. The minimum Gasteiger partial charge on any atom is -0.0683 e. The van der Waals surface area contributed by atoms with Gasteiger partial charge in [0.25, 0.3) is 0 Å². The monoisotopic (exact) mass is 348 g/mol. The van der Waals surface area contributed by atoms with Gasteiger partial charge < -0.3 is 0 Å². The van der Waals surface area contributed by atoms with Gasteiger partial charge in [0, 0.05) is 0 Å². The van der Waals surface area contributed by atoms with Gasteiger partial charge in [-0.2, -0.15) is 0 Å². The van der Waals surface area contributed by atoms with Crippen LogP contribution in [0.2, 0.25) is 0 Å². The van der Waals surface area contributed by atoms with Crippen molar-refractivity contribution in [3.8, 4) is 0 Å². The highest BCUT2D eigenvalue weighted by atomic mass is 14.2. The highest BCUT2D eigenvalue weighted by Crippen LogP contribution is 2.36. The molecule has 0 spiro atoms. The predicted molar refractivity (Wildman–Crippen MR) is 120 cm³/mol. The van der Waals surface area contributed by atoms with Crippen molar-refractivity contribution < 1.29 is 0 Å². The third-order valence-corrected chi connectivity index (χ3v) is 5.26. The number of aryl methyl sites for hydroxylation is 1. The number of benzene rings is 3. The molecule has 0 fully saturated rings. The number of hydrogen-bond donors (Lipinski definition) is 0. The maximum atomic E-state index is 2.43. The lowest BCUT2D eigenvalue weighted by atomic mass is 9.85. The summed E-state index contributed by atoms with van der Waals surface area (Å²) in [6.07, 6.45) is 0. The molecule has 0 aliphatic heterocycles. The molecule has 0 heterocycles. The van der Waals surface area contributed by atoms with Crippen molar-refractivity contribution in [2.45, 2.75) is 80.1 Å². The molecule has 0 aliphatic rings. The van der Waals surface area contributed by atoms with Crippen LogP contribution >= 0.6 is 0 Å². The molecule has 0 bridgehead atoms. The van der Waals surface area contributed by atoms with Crippen LogP contribution in [-0.4, -0.2) is 0 Å². The summed E-state index contributed by atoms with van der Waals surface area (Å²) in [5, 5.41) is 5.53. The fourth-order valence-electron chi connectivity index (χ4n) is 4.06. The van der Waals surface area contributed by atoms with Gasteiger partial charge in [0.15, 0.2) is 0 Å². The average molecular weight is 349 g/mol. The van der Waals surface area contributed by atoms with E-state index in [1.165, 1.54) is 43.8 Å². The maximum absolute atomic E-state index is 2.43. The van der Waals surface area contributed by atoms with Crippen LogP contribution in [0.1, 0.15) is 95.4 Å². The molecule has 0 radical (unpaired) electrons. The second-order valence-electron chi connectivity index (χ2n) is 8.16. The van der Waals surface area contributed by atoms with Gasteiger partial charge in [-0.25, -0.2) is 0 Å². The van der Waals surface area contributed by atoms with E-state index in [0.29, 0.717) is 17.8 Å². The second-order valence-corrected chi connectivity index (χ2v) is 8.16. The van der Waals surface area contributed by atoms with Crippen molar-refractivity contribution >= 4 is 21.5 Å². The Morgan fingerprint density at radius 3 is 1.69 bits per heavy atom. The van der Waals surface area contributed by atoms with Crippen molar-refractivity contribution in [3.63, 3.8) is 0 Å². The Morgan fingerprint density at radius 1 is 0.577 bits per heavy atom. The van der Waals surface area contributed by atoms with Crippen molar-refractivity contribution in [2.75, 3.05) is 0 Å². The summed E-state index contributed by atoms with van der Waals surface area (Å²) in [7, 11) is 0. The molecule has 3 rings (SSSR count). The lowest BCUT2D eigenvalue weighted by molar-refractivity contribution is 0.798. The van der Waals surface area contributed by atoms with Crippen LogP contribution in [0.25, 0.3) is 21.5 Å². The summed E-state index contributed by atoms with van der Waals surface area (Å²) in [5.74, 6) is 1.67. The van der Waals surface area contributed by atoms with E-state index in [4.69, 9.17) is 0 Å². The van der Waals surface area contributed by atoms with Crippen molar-refractivity contribution in [3.05, 3.63) is 58.7 Å². The highest BCUT2D eigenvalue weighted by Gasteiger charge is 2.15. The van der Waals surface area contributed by atoms with E-state index >= 15 is 0 Å². The number of fused-ring (bicyclic) bond motifs is 2. The van der Waals surface area contributed by atoms with Crippen molar-refractivity contribution in [1.29, 1.82) is 0 Å². The first-order valence-electron chi connectivity index (χ1n) is 10.3. The maximum Gasteiger partial charge on any atom is -0.0140 e. The van der Waals surface area contributed by atoms with E-state index in [-0.39, 0.29) is 0 Å². The van der Waals surface area contributed by atoms with Crippen LogP contribution in [0.4, 0.5) is 0 Å². The largest absolute Gasteiger partial charge is 0.0683 e. The van der Waals surface area contributed by atoms with Gasteiger partial charge in [-0.3, -0.25) is 0 Å². The van der Waals surface area contributed by atoms with Gasteiger partial charge in [0.1, 0.15) is 0 Å². The molecule has 0 aromatic heterocycles. The molecular formula is C26H36. The van der Waals surface area contributed by atoms with E-state index in [0.717, 1.165) is 0 Å². The Bertz CT molecular complexity index is 895. The predicted octanol–water partition coefficient (Wildman–Crippen LogP) is 8.70. The molecule has 3 aromatic rings. The van der Waals surface area contributed by atoms with Gasteiger partial charge in [0.05, 0.1) is 0 Å². The minimum absolute atomic E-state index is 0.540. The zero-order chi connectivity index (χ0) is 19.6. The van der Waals surface area contributed by atoms with Crippen LogP contribution < -0.4 is 0 Å². The van der Waals surface area contributed by atoms with Crippen molar-refractivity contribution in [1.82, 2.24) is 0 Å². The Hall–Kier alpha value is -1.82. The molecule has 0 amide bonds. The molecule has 0 saturated heterocycles. The van der Waals surface area contributed by atoms with Gasteiger partial charge in [0.2, 0.25) is 0 Å². The summed E-state index contributed by atoms with van der Waals surface area (Å²) in [6, 6.07) is 14.2. The molecule has 26 heavy (non-hydrogen) atoms. The lowest BCUT2D eigenvalue weighted by Crippen LogP contribution is -2.00. The van der Waals surface area contributed by atoms with Crippen LogP contribution in [0.5, 0.6) is 0 Å². The standard InChI is InChI=1S/C24H30.C2H6/c1-14(2)21-9-8-18-11-19-10-17(7)22(15(3)4)12-20(19)13-23(18)24(21)16(5)6;1-2/h8-16H,1-7H3;1-2H3. The van der Waals surface area contributed by atoms with E-state index in [9.17, 15) is 0 Å². The van der Waals surface area contributed by atoms with Gasteiger partial charge in [-0.05, 0) is 80.6 Å². The van der Waals surface area contributed by atoms with Crippen molar-refractivity contribution in [2.24, 2.45) is 0 Å². The summed E-state index contributed by atoms with van der Waals surface area (Å²) in [4.78, 5) is 0. The normalized spacial score (nSPS) is 11.5. The van der Waals surface area contributed by atoms with E-state index in [1.54, 1.807) is 0 Å². The summed E-state index contributed by atoms with van der Waals surface area (Å²) in [6.45, 7) is 20.0. The van der Waals surface area contributed by atoms with Crippen LogP contribution in [0, 0.1) is 6.92 Å². The van der Waals surface area contributed by atoms with E-state index < -0.39 is 0 Å². The summed E-state index contributed by atoms with van der Waals surface area (Å²) < 4.78 is 0. The van der Waals surface area contributed by atoms with E-state index in [2.05, 4.69) is 84.9 Å². The Kier molecular flexibility index (Phi) is 6.50. The van der Waals surface area contributed by atoms with Gasteiger partial charge in [-0.15, -0.1) is 0 Å². The average Bonchev–Trinajstić information content (AvgIpc) is 2.59. The SMILES string of the molecule is CC.Cc1cc2cc3ccc(C(C)C)c(C(C)C)c3cc2cc1C(C)C. The molecule has 0 heteroatoms. The first-order chi connectivity index (χ1) is 12.3. The first-order valence-corrected chi connectivity index (χ1v) is 10.3. The zero-order valence-corrected chi connectivity index (χ0v) is 18.2. The number of rotatable bonds is 3. The molecular weight excluding hydrogens is 312 g/mol. The van der Waals surface area contributed by atoms with Crippen LogP contribution in [-0.2, 0) is 0 Å². The molecule has 0 atom stereocenters. The fourth-order valence-corrected chi connectivity index (χ4v) is 4.06. The summed E-state index contributed by atoms with van der Waals surface area (Å²) in [5.41, 5.74) is 5.89. The van der Waals surface area contributed by atoms with Crippen LogP contribution in [0.3, 0.4) is 0 Å². The quantitative estimate of drug-likeness (QED) is 0.415. The van der Waals surface area contributed by atoms with Gasteiger partial charge >= 0.3 is 0 Å². The topological polar surface area (TPSA) is 0 Å². The smallest absolute Gasteiger partial charge is 0.0140 e. The fraction of sp³-hybridized carbons (Fsp3) is 0.462. The minimum atomic E-state index is 0.540. The zero-order valence-electron chi connectivity index (χ0n) is 18.2. The molecule has 0 nitrogen and oxygen atoms in total. The van der Waals surface area contributed by atoms with Gasteiger partial charge in [-0.1, -0.05) is 79.7 Å². The third kappa shape index (κ3) is 3.80. The molecule has 3 aromatic carbocycles. The van der Waals surface area contributed by atoms with E-state index in [1.807, 2.05) is 13.8 Å². The highest BCUT2D eigenvalue weighted by molar-refractivity contribution is 6.00. The molecule has 140 valence electrons. The number of hydrogen-bond acceptors (Lipinski definition) is 0. The Morgan fingerprint density at radius 2 is 1.15 bits per heavy atom. The molecule has 0 N–H and O–H groups in total. The second kappa shape index (κ2) is 8.25.